The maximum Gasteiger partial charge on any atom is 0.216 e. The molecule has 19 heavy (non-hydrogen) atoms. The number of sulfonamides is 1. The highest BCUT2D eigenvalue weighted by molar-refractivity contribution is 9.10. The van der Waals surface area contributed by atoms with E-state index < -0.39 is 16.1 Å². The molecule has 0 radical (unpaired) electrons. The first-order chi connectivity index (χ1) is 8.96. The molecule has 0 amide bonds. The van der Waals surface area contributed by atoms with Crippen LogP contribution in [0.2, 0.25) is 0 Å². The monoisotopic (exact) mass is 347 g/mol. The van der Waals surface area contributed by atoms with Crippen LogP contribution in [0.5, 0.6) is 0 Å². The smallest absolute Gasteiger partial charge is 0.216 e. The van der Waals surface area contributed by atoms with Gasteiger partial charge < -0.3 is 5.11 Å². The third-order valence-corrected chi connectivity index (χ3v) is 5.23. The lowest BCUT2D eigenvalue weighted by molar-refractivity contribution is 0.101. The molecule has 6 heteroatoms. The minimum absolute atomic E-state index is 0.0521. The Morgan fingerprint density at radius 2 is 1.84 bits per heavy atom. The number of aliphatic hydroxyl groups excluding tert-OH is 1. The summed E-state index contributed by atoms with van der Waals surface area (Å²) in [4.78, 5) is 0. The molecule has 2 rings (SSSR count). The van der Waals surface area contributed by atoms with E-state index in [1.165, 1.54) is 0 Å². The predicted octanol–water partition coefficient (Wildman–Crippen LogP) is 2.17. The van der Waals surface area contributed by atoms with Crippen LogP contribution in [0.15, 0.2) is 28.7 Å². The molecule has 0 spiro atoms. The van der Waals surface area contributed by atoms with Gasteiger partial charge in [-0.3, -0.25) is 0 Å². The molecule has 2 unspecified atom stereocenters. The van der Waals surface area contributed by atoms with Gasteiger partial charge in [0.2, 0.25) is 10.0 Å². The molecule has 1 aliphatic carbocycles. The molecule has 0 saturated heterocycles. The lowest BCUT2D eigenvalue weighted by Gasteiger charge is -2.28. The predicted molar refractivity (Wildman–Crippen MR) is 78.2 cm³/mol. The number of aliphatic hydroxyl groups is 1. The first-order valence-corrected chi connectivity index (χ1v) is 8.83. The summed E-state index contributed by atoms with van der Waals surface area (Å²) >= 11 is 3.31. The van der Waals surface area contributed by atoms with Crippen LogP contribution in [-0.2, 0) is 15.8 Å². The number of benzene rings is 1. The zero-order valence-electron chi connectivity index (χ0n) is 10.5. The van der Waals surface area contributed by atoms with Gasteiger partial charge in [0.1, 0.15) is 0 Å². The number of rotatable bonds is 4. The van der Waals surface area contributed by atoms with E-state index in [0.717, 1.165) is 22.9 Å². The van der Waals surface area contributed by atoms with E-state index in [1.54, 1.807) is 12.1 Å². The van der Waals surface area contributed by atoms with Gasteiger partial charge in [-0.1, -0.05) is 40.9 Å². The standard InChI is InChI=1S/C13H18BrNO3S/c14-11-7-5-10(6-8-11)9-19(17,18)15-12-3-1-2-4-13(12)16/h5-8,12-13,15-16H,1-4,9H2. The average molecular weight is 348 g/mol. The van der Waals surface area contributed by atoms with Gasteiger partial charge in [0.05, 0.1) is 11.9 Å². The molecular formula is C13H18BrNO3S. The first kappa shape index (κ1) is 15.0. The quantitative estimate of drug-likeness (QED) is 0.877. The largest absolute Gasteiger partial charge is 0.391 e. The summed E-state index contributed by atoms with van der Waals surface area (Å²) in [5.41, 5.74) is 0.737. The van der Waals surface area contributed by atoms with Crippen molar-refractivity contribution in [2.24, 2.45) is 0 Å². The summed E-state index contributed by atoms with van der Waals surface area (Å²) in [6.07, 6.45) is 2.74. The second kappa shape index (κ2) is 6.35. The van der Waals surface area contributed by atoms with Crippen molar-refractivity contribution >= 4 is 26.0 Å². The van der Waals surface area contributed by atoms with Gasteiger partial charge in [0, 0.05) is 10.5 Å². The third kappa shape index (κ3) is 4.56. The van der Waals surface area contributed by atoms with Gasteiger partial charge in [-0.15, -0.1) is 0 Å². The van der Waals surface area contributed by atoms with Gasteiger partial charge >= 0.3 is 0 Å². The lowest BCUT2D eigenvalue weighted by Crippen LogP contribution is -2.45. The second-order valence-electron chi connectivity index (χ2n) is 4.96. The number of halogens is 1. The molecule has 1 aromatic rings. The molecule has 2 N–H and O–H groups in total. The fraction of sp³-hybridized carbons (Fsp3) is 0.538. The van der Waals surface area contributed by atoms with Crippen molar-refractivity contribution in [3.63, 3.8) is 0 Å². The molecule has 4 nitrogen and oxygen atoms in total. The number of nitrogens with one attached hydrogen (secondary N) is 1. The Bertz CT molecular complexity index is 515. The summed E-state index contributed by atoms with van der Waals surface area (Å²) < 4.78 is 27.7. The van der Waals surface area contributed by atoms with Crippen molar-refractivity contribution in [1.82, 2.24) is 4.72 Å². The summed E-state index contributed by atoms with van der Waals surface area (Å²) in [5.74, 6) is -0.0521. The third-order valence-electron chi connectivity index (χ3n) is 3.33. The maximum absolute atomic E-state index is 12.1. The maximum atomic E-state index is 12.1. The van der Waals surface area contributed by atoms with Gasteiger partial charge in [0.15, 0.2) is 0 Å². The van der Waals surface area contributed by atoms with E-state index in [-0.39, 0.29) is 11.8 Å². The highest BCUT2D eigenvalue weighted by Gasteiger charge is 2.27. The van der Waals surface area contributed by atoms with Crippen LogP contribution in [0.1, 0.15) is 31.2 Å². The molecule has 1 fully saturated rings. The number of hydrogen-bond acceptors (Lipinski definition) is 3. The second-order valence-corrected chi connectivity index (χ2v) is 7.63. The lowest BCUT2D eigenvalue weighted by atomic mass is 9.93. The van der Waals surface area contributed by atoms with Crippen LogP contribution in [0.3, 0.4) is 0 Å². The van der Waals surface area contributed by atoms with Crippen molar-refractivity contribution in [3.8, 4) is 0 Å². The molecule has 1 aromatic carbocycles. The van der Waals surface area contributed by atoms with Crippen molar-refractivity contribution in [1.29, 1.82) is 0 Å². The Balaban J connectivity index is 2.00. The van der Waals surface area contributed by atoms with Gasteiger partial charge in [-0.25, -0.2) is 13.1 Å². The fourth-order valence-electron chi connectivity index (χ4n) is 2.32. The Kier molecular flexibility index (Phi) is 5.00. The van der Waals surface area contributed by atoms with E-state index in [1.807, 2.05) is 12.1 Å². The molecule has 1 aliphatic rings. The fourth-order valence-corrected chi connectivity index (χ4v) is 4.04. The summed E-state index contributed by atoms with van der Waals surface area (Å²) in [5, 5.41) is 9.80. The minimum atomic E-state index is -3.41. The Hall–Kier alpha value is -0.430. The molecule has 0 aromatic heterocycles. The average Bonchev–Trinajstić information content (AvgIpc) is 2.35. The van der Waals surface area contributed by atoms with Crippen molar-refractivity contribution < 1.29 is 13.5 Å². The summed E-state index contributed by atoms with van der Waals surface area (Å²) in [7, 11) is -3.41. The summed E-state index contributed by atoms with van der Waals surface area (Å²) in [6.45, 7) is 0. The minimum Gasteiger partial charge on any atom is -0.391 e. The highest BCUT2D eigenvalue weighted by Crippen LogP contribution is 2.20. The Labute approximate surface area is 122 Å². The van der Waals surface area contributed by atoms with Crippen LogP contribution < -0.4 is 4.72 Å². The molecule has 106 valence electrons. The first-order valence-electron chi connectivity index (χ1n) is 6.39. The van der Waals surface area contributed by atoms with Gasteiger partial charge in [0.25, 0.3) is 0 Å². The van der Waals surface area contributed by atoms with E-state index in [9.17, 15) is 13.5 Å². The van der Waals surface area contributed by atoms with Crippen molar-refractivity contribution in [3.05, 3.63) is 34.3 Å². The zero-order valence-corrected chi connectivity index (χ0v) is 13.0. The number of hydrogen-bond donors (Lipinski definition) is 2. The Morgan fingerprint density at radius 1 is 1.21 bits per heavy atom. The van der Waals surface area contributed by atoms with E-state index in [2.05, 4.69) is 20.7 Å². The molecule has 2 atom stereocenters. The zero-order chi connectivity index (χ0) is 13.9. The normalized spacial score (nSPS) is 24.3. The molecule has 0 bridgehead atoms. The van der Waals surface area contributed by atoms with Crippen molar-refractivity contribution in [2.75, 3.05) is 0 Å². The molecule has 0 aliphatic heterocycles. The van der Waals surface area contributed by atoms with Crippen LogP contribution in [0.4, 0.5) is 0 Å². The van der Waals surface area contributed by atoms with Crippen LogP contribution in [-0.4, -0.2) is 25.7 Å². The van der Waals surface area contributed by atoms with Crippen molar-refractivity contribution in [2.45, 2.75) is 43.6 Å². The van der Waals surface area contributed by atoms with Gasteiger partial charge in [-0.2, -0.15) is 0 Å². The Morgan fingerprint density at radius 3 is 2.47 bits per heavy atom. The topological polar surface area (TPSA) is 66.4 Å². The summed E-state index contributed by atoms with van der Waals surface area (Å²) in [6, 6.07) is 6.86. The van der Waals surface area contributed by atoms with Crippen LogP contribution >= 0.6 is 15.9 Å². The molecular weight excluding hydrogens is 330 g/mol. The highest BCUT2D eigenvalue weighted by atomic mass is 79.9. The molecule has 0 heterocycles. The van der Waals surface area contributed by atoms with E-state index in [4.69, 9.17) is 0 Å². The van der Waals surface area contributed by atoms with E-state index >= 15 is 0 Å². The van der Waals surface area contributed by atoms with Crippen LogP contribution in [0, 0.1) is 0 Å². The van der Waals surface area contributed by atoms with E-state index in [0.29, 0.717) is 12.8 Å². The SMILES string of the molecule is O=S(=O)(Cc1ccc(Br)cc1)NC1CCCCC1O. The van der Waals surface area contributed by atoms with Crippen LogP contribution in [0.25, 0.3) is 0 Å². The van der Waals surface area contributed by atoms with Gasteiger partial charge in [-0.05, 0) is 30.5 Å². The molecule has 1 saturated carbocycles.